The topological polar surface area (TPSA) is 63.3 Å². The van der Waals surface area contributed by atoms with Crippen LogP contribution in [0.3, 0.4) is 0 Å². The molecule has 0 unspecified atom stereocenters. The highest BCUT2D eigenvalue weighted by atomic mass is 32.2. The van der Waals surface area contributed by atoms with Crippen molar-refractivity contribution < 1.29 is 14.3 Å². The summed E-state index contributed by atoms with van der Waals surface area (Å²) in [6.45, 7) is 0.563. The van der Waals surface area contributed by atoms with Crippen molar-refractivity contribution in [3.05, 3.63) is 84.4 Å². The van der Waals surface area contributed by atoms with Crippen LogP contribution in [0.5, 0.6) is 11.5 Å². The van der Waals surface area contributed by atoms with Crippen molar-refractivity contribution in [2.75, 3.05) is 26.5 Å². The third-order valence-electron chi connectivity index (χ3n) is 5.20. The second-order valence-corrected chi connectivity index (χ2v) is 8.43. The lowest BCUT2D eigenvalue weighted by Crippen LogP contribution is -2.23. The van der Waals surface area contributed by atoms with Gasteiger partial charge in [0.1, 0.15) is 0 Å². The molecule has 0 aliphatic carbocycles. The number of methoxy groups -OCH3 is 2. The lowest BCUT2D eigenvalue weighted by molar-refractivity contribution is -0.116. The Bertz CT molecular complexity index is 1270. The highest BCUT2D eigenvalue weighted by molar-refractivity contribution is 7.99. The van der Waals surface area contributed by atoms with Crippen LogP contribution < -0.4 is 14.8 Å². The van der Waals surface area contributed by atoms with Gasteiger partial charge in [0, 0.05) is 34.2 Å². The molecule has 4 rings (SSSR count). The Morgan fingerprint density at radius 2 is 1.73 bits per heavy atom. The minimum Gasteiger partial charge on any atom is -0.493 e. The summed E-state index contributed by atoms with van der Waals surface area (Å²) in [6, 6.07) is 24.2. The normalized spacial score (nSPS) is 11.1. The van der Waals surface area contributed by atoms with Crippen LogP contribution in [0.1, 0.15) is 5.56 Å². The van der Waals surface area contributed by atoms with Crippen molar-refractivity contribution >= 4 is 34.6 Å². The molecule has 1 heterocycles. The van der Waals surface area contributed by atoms with Crippen molar-refractivity contribution in [3.63, 3.8) is 0 Å². The van der Waals surface area contributed by atoms with Crippen molar-refractivity contribution in [1.29, 1.82) is 0 Å². The summed E-state index contributed by atoms with van der Waals surface area (Å²) >= 11 is 1.74. The van der Waals surface area contributed by atoms with Crippen LogP contribution in [0.25, 0.3) is 28.2 Å². The van der Waals surface area contributed by atoms with E-state index in [2.05, 4.69) is 40.6 Å². The Balaban J connectivity index is 1.37. The molecular weight excluding hydrogens is 432 g/mol. The van der Waals surface area contributed by atoms with E-state index in [1.54, 1.807) is 32.1 Å². The van der Waals surface area contributed by atoms with Gasteiger partial charge in [-0.2, -0.15) is 0 Å². The molecule has 0 saturated carbocycles. The fraction of sp³-hybridized carbons (Fsp3) is 0.148. The lowest BCUT2D eigenvalue weighted by Gasteiger charge is -2.07. The number of thioether (sulfide) groups is 1. The van der Waals surface area contributed by atoms with Gasteiger partial charge in [0.15, 0.2) is 11.5 Å². The predicted molar refractivity (Wildman–Crippen MR) is 136 cm³/mol. The van der Waals surface area contributed by atoms with Crippen LogP contribution >= 0.6 is 11.8 Å². The third-order valence-corrected chi connectivity index (χ3v) is 6.32. The summed E-state index contributed by atoms with van der Waals surface area (Å²) < 4.78 is 10.5. The number of aromatic nitrogens is 1. The van der Waals surface area contributed by atoms with E-state index in [4.69, 9.17) is 9.47 Å². The van der Waals surface area contributed by atoms with Gasteiger partial charge in [-0.15, -0.1) is 11.8 Å². The zero-order valence-electron chi connectivity index (χ0n) is 18.6. The molecule has 3 aromatic carbocycles. The van der Waals surface area contributed by atoms with E-state index in [0.717, 1.165) is 28.1 Å². The fourth-order valence-corrected chi connectivity index (χ4v) is 4.64. The molecule has 6 heteroatoms. The van der Waals surface area contributed by atoms with E-state index < -0.39 is 0 Å². The van der Waals surface area contributed by atoms with E-state index in [-0.39, 0.29) is 5.91 Å². The van der Waals surface area contributed by atoms with Gasteiger partial charge >= 0.3 is 0 Å². The average Bonchev–Trinajstić information content (AvgIpc) is 3.24. The Hall–Kier alpha value is -3.64. The molecule has 0 spiro atoms. The summed E-state index contributed by atoms with van der Waals surface area (Å²) in [5, 5.41) is 4.16. The molecule has 1 aromatic heterocycles. The number of fused-ring (bicyclic) bond motifs is 1. The number of aromatic amines is 1. The number of hydrogen-bond acceptors (Lipinski definition) is 4. The predicted octanol–water partition coefficient (Wildman–Crippen LogP) is 5.77. The standard InChI is InChI=1S/C27H26N2O3S/c1-31-23-14-12-19(18-24(23)32-2)13-15-25(30)28-16-17-33-27-21-10-6-7-11-22(21)29-26(27)20-8-4-3-5-9-20/h3-15,18,29H,16-17H2,1-2H3,(H,28,30). The molecule has 0 fully saturated rings. The quantitative estimate of drug-likeness (QED) is 0.190. The number of carbonyl (C=O) groups excluding carboxylic acids is 1. The molecule has 0 bridgehead atoms. The monoisotopic (exact) mass is 458 g/mol. The average molecular weight is 459 g/mol. The number of ether oxygens (including phenoxy) is 2. The first-order valence-electron chi connectivity index (χ1n) is 10.7. The van der Waals surface area contributed by atoms with E-state index in [1.807, 2.05) is 42.5 Å². The van der Waals surface area contributed by atoms with E-state index in [1.165, 1.54) is 16.4 Å². The summed E-state index contributed by atoms with van der Waals surface area (Å²) in [5.74, 6) is 1.91. The minimum absolute atomic E-state index is 0.132. The number of benzene rings is 3. The second kappa shape index (κ2) is 10.8. The van der Waals surface area contributed by atoms with Crippen LogP contribution in [0.2, 0.25) is 0 Å². The molecule has 2 N–H and O–H groups in total. The zero-order chi connectivity index (χ0) is 23.0. The number of carbonyl (C=O) groups is 1. The van der Waals surface area contributed by atoms with Crippen LogP contribution in [0.4, 0.5) is 0 Å². The molecular formula is C27H26N2O3S. The zero-order valence-corrected chi connectivity index (χ0v) is 19.4. The van der Waals surface area contributed by atoms with Crippen molar-refractivity contribution in [2.24, 2.45) is 0 Å². The van der Waals surface area contributed by atoms with Gasteiger partial charge in [0.2, 0.25) is 5.91 Å². The van der Waals surface area contributed by atoms with Gasteiger partial charge in [0.25, 0.3) is 0 Å². The molecule has 4 aromatic rings. The third kappa shape index (κ3) is 5.41. The van der Waals surface area contributed by atoms with Gasteiger partial charge in [0.05, 0.1) is 19.9 Å². The Morgan fingerprint density at radius 3 is 2.52 bits per heavy atom. The number of amides is 1. The maximum Gasteiger partial charge on any atom is 0.244 e. The van der Waals surface area contributed by atoms with Crippen molar-refractivity contribution in [1.82, 2.24) is 10.3 Å². The van der Waals surface area contributed by atoms with Gasteiger partial charge in [-0.3, -0.25) is 4.79 Å². The molecule has 1 amide bonds. The molecule has 0 radical (unpaired) electrons. The van der Waals surface area contributed by atoms with Crippen molar-refractivity contribution in [2.45, 2.75) is 4.90 Å². The number of nitrogens with one attached hydrogen (secondary N) is 2. The molecule has 168 valence electrons. The largest absolute Gasteiger partial charge is 0.493 e. The Kier molecular flexibility index (Phi) is 7.37. The SMILES string of the molecule is COc1ccc(C=CC(=O)NCCSc2c(-c3ccccc3)[nH]c3ccccc23)cc1OC. The highest BCUT2D eigenvalue weighted by Gasteiger charge is 2.13. The summed E-state index contributed by atoms with van der Waals surface area (Å²) in [7, 11) is 3.19. The molecule has 5 nitrogen and oxygen atoms in total. The summed E-state index contributed by atoms with van der Waals surface area (Å²) in [4.78, 5) is 17.0. The molecule has 0 saturated heterocycles. The molecule has 0 atom stereocenters. The minimum atomic E-state index is -0.132. The summed E-state index contributed by atoms with van der Waals surface area (Å²) in [6.07, 6.45) is 3.30. The first kappa shape index (κ1) is 22.6. The maximum atomic E-state index is 12.3. The van der Waals surface area contributed by atoms with E-state index >= 15 is 0 Å². The van der Waals surface area contributed by atoms with Gasteiger partial charge in [-0.25, -0.2) is 0 Å². The van der Waals surface area contributed by atoms with Crippen LogP contribution in [-0.4, -0.2) is 37.4 Å². The lowest BCUT2D eigenvalue weighted by atomic mass is 10.1. The second-order valence-electron chi connectivity index (χ2n) is 7.33. The van der Waals surface area contributed by atoms with Crippen LogP contribution in [0.15, 0.2) is 83.8 Å². The van der Waals surface area contributed by atoms with Crippen molar-refractivity contribution in [3.8, 4) is 22.8 Å². The van der Waals surface area contributed by atoms with E-state index in [9.17, 15) is 4.79 Å². The Morgan fingerprint density at radius 1 is 0.970 bits per heavy atom. The first-order valence-corrected chi connectivity index (χ1v) is 11.6. The van der Waals surface area contributed by atoms with Crippen LogP contribution in [0, 0.1) is 0 Å². The van der Waals surface area contributed by atoms with Gasteiger partial charge in [-0.1, -0.05) is 54.6 Å². The number of H-pyrrole nitrogens is 1. The maximum absolute atomic E-state index is 12.3. The summed E-state index contributed by atoms with van der Waals surface area (Å²) in [5.41, 5.74) is 4.24. The number of rotatable bonds is 9. The van der Waals surface area contributed by atoms with Crippen LogP contribution in [-0.2, 0) is 4.79 Å². The number of para-hydroxylation sites is 1. The molecule has 0 aliphatic rings. The molecule has 33 heavy (non-hydrogen) atoms. The molecule has 0 aliphatic heterocycles. The first-order chi connectivity index (χ1) is 16.2. The number of hydrogen-bond donors (Lipinski definition) is 2. The smallest absolute Gasteiger partial charge is 0.244 e. The van der Waals surface area contributed by atoms with Gasteiger partial charge in [-0.05, 0) is 35.4 Å². The van der Waals surface area contributed by atoms with E-state index in [0.29, 0.717) is 18.0 Å². The highest BCUT2D eigenvalue weighted by Crippen LogP contribution is 2.37. The van der Waals surface area contributed by atoms with Gasteiger partial charge < -0.3 is 19.8 Å². The fourth-order valence-electron chi connectivity index (χ4n) is 3.59. The Labute approximate surface area is 197 Å².